The average molecular weight is 405 g/mol. The number of benzene rings is 2. The van der Waals surface area contributed by atoms with Crippen LogP contribution in [-0.2, 0) is 6.42 Å². The van der Waals surface area contributed by atoms with E-state index in [-0.39, 0.29) is 6.03 Å². The van der Waals surface area contributed by atoms with Crippen molar-refractivity contribution >= 4 is 11.7 Å². The molecule has 1 fully saturated rings. The lowest BCUT2D eigenvalue weighted by Gasteiger charge is -2.32. The van der Waals surface area contributed by atoms with Crippen LogP contribution in [-0.4, -0.2) is 34.2 Å². The zero-order valence-electron chi connectivity index (χ0n) is 17.8. The molecule has 1 aromatic heterocycles. The molecular formula is C24H28N4O2. The molecule has 30 heavy (non-hydrogen) atoms. The molecule has 0 saturated carbocycles. The van der Waals surface area contributed by atoms with Gasteiger partial charge in [0.2, 0.25) is 11.7 Å². The van der Waals surface area contributed by atoms with Crippen LogP contribution in [0.1, 0.15) is 35.4 Å². The number of rotatable bonds is 4. The van der Waals surface area contributed by atoms with Gasteiger partial charge in [-0.3, -0.25) is 0 Å². The molecule has 1 saturated heterocycles. The Balaban J connectivity index is 1.38. The fourth-order valence-electron chi connectivity index (χ4n) is 3.96. The van der Waals surface area contributed by atoms with Gasteiger partial charge in [-0.15, -0.1) is 0 Å². The van der Waals surface area contributed by atoms with Crippen molar-refractivity contribution in [3.8, 4) is 11.4 Å². The summed E-state index contributed by atoms with van der Waals surface area (Å²) in [6, 6.07) is 14.0. The van der Waals surface area contributed by atoms with E-state index in [9.17, 15) is 4.79 Å². The van der Waals surface area contributed by atoms with Crippen molar-refractivity contribution in [2.24, 2.45) is 5.92 Å². The molecule has 0 bridgehead atoms. The predicted molar refractivity (Wildman–Crippen MR) is 117 cm³/mol. The fourth-order valence-corrected chi connectivity index (χ4v) is 3.96. The van der Waals surface area contributed by atoms with Crippen molar-refractivity contribution in [1.82, 2.24) is 15.0 Å². The zero-order chi connectivity index (χ0) is 21.1. The number of hydrogen-bond donors (Lipinski definition) is 1. The minimum absolute atomic E-state index is 0.0471. The van der Waals surface area contributed by atoms with Crippen molar-refractivity contribution < 1.29 is 9.32 Å². The minimum atomic E-state index is -0.0471. The third-order valence-corrected chi connectivity index (χ3v) is 5.88. The minimum Gasteiger partial charge on any atom is -0.339 e. The highest BCUT2D eigenvalue weighted by molar-refractivity contribution is 5.89. The number of hydrogen-bond acceptors (Lipinski definition) is 4. The van der Waals surface area contributed by atoms with Gasteiger partial charge in [-0.1, -0.05) is 35.5 Å². The van der Waals surface area contributed by atoms with Crippen LogP contribution in [0.25, 0.3) is 11.4 Å². The first-order valence-electron chi connectivity index (χ1n) is 10.5. The molecule has 1 aliphatic rings. The molecule has 1 N–H and O–H groups in total. The van der Waals surface area contributed by atoms with E-state index < -0.39 is 0 Å². The highest BCUT2D eigenvalue weighted by Gasteiger charge is 2.26. The third kappa shape index (κ3) is 4.53. The SMILES string of the molecule is Cc1ccc(NC(=O)N2CCCC(Cc3nc(-c4ccccc4C)no3)C2)cc1C. The van der Waals surface area contributed by atoms with Gasteiger partial charge < -0.3 is 14.7 Å². The summed E-state index contributed by atoms with van der Waals surface area (Å²) in [6.07, 6.45) is 2.71. The highest BCUT2D eigenvalue weighted by atomic mass is 16.5. The number of carbonyl (C=O) groups is 1. The first kappa shape index (κ1) is 20.1. The third-order valence-electron chi connectivity index (χ3n) is 5.88. The summed E-state index contributed by atoms with van der Waals surface area (Å²) in [5.74, 6) is 1.58. The normalized spacial score (nSPS) is 16.5. The maximum absolute atomic E-state index is 12.8. The molecule has 6 nitrogen and oxygen atoms in total. The van der Waals surface area contributed by atoms with Crippen LogP contribution in [0.4, 0.5) is 10.5 Å². The summed E-state index contributed by atoms with van der Waals surface area (Å²) in [5.41, 5.74) is 5.34. The Morgan fingerprint density at radius 2 is 1.97 bits per heavy atom. The summed E-state index contributed by atoms with van der Waals surface area (Å²) in [5, 5.41) is 7.19. The van der Waals surface area contributed by atoms with Crippen molar-refractivity contribution in [1.29, 1.82) is 0 Å². The van der Waals surface area contributed by atoms with Gasteiger partial charge in [0.05, 0.1) is 0 Å². The second kappa shape index (κ2) is 8.69. The van der Waals surface area contributed by atoms with Crippen LogP contribution in [0.2, 0.25) is 0 Å². The van der Waals surface area contributed by atoms with Gasteiger partial charge in [0.1, 0.15) is 0 Å². The van der Waals surface area contributed by atoms with Crippen molar-refractivity contribution in [3.05, 3.63) is 65.0 Å². The Hall–Kier alpha value is -3.15. The molecule has 2 aromatic carbocycles. The first-order chi connectivity index (χ1) is 14.5. The number of aryl methyl sites for hydroxylation is 3. The van der Waals surface area contributed by atoms with E-state index in [1.807, 2.05) is 54.3 Å². The standard InChI is InChI=1S/C24H28N4O2/c1-16-10-11-20(13-18(16)3)25-24(29)28-12-6-8-19(15-28)14-22-26-23(27-30-22)21-9-5-4-7-17(21)2/h4-5,7,9-11,13,19H,6,8,12,14-15H2,1-3H3,(H,25,29). The summed E-state index contributed by atoms with van der Waals surface area (Å²) < 4.78 is 5.51. The topological polar surface area (TPSA) is 71.3 Å². The molecule has 0 radical (unpaired) electrons. The number of piperidine rings is 1. The van der Waals surface area contributed by atoms with Crippen LogP contribution in [0.15, 0.2) is 47.0 Å². The molecule has 1 aliphatic heterocycles. The van der Waals surface area contributed by atoms with Gasteiger partial charge in [0.25, 0.3) is 0 Å². The maximum Gasteiger partial charge on any atom is 0.321 e. The zero-order valence-corrected chi connectivity index (χ0v) is 17.8. The monoisotopic (exact) mass is 404 g/mol. The Morgan fingerprint density at radius 1 is 1.13 bits per heavy atom. The number of nitrogens with one attached hydrogen (secondary N) is 1. The Bertz CT molecular complexity index is 1040. The highest BCUT2D eigenvalue weighted by Crippen LogP contribution is 2.24. The van der Waals surface area contributed by atoms with Crippen LogP contribution < -0.4 is 5.32 Å². The molecule has 4 rings (SSSR count). The van der Waals surface area contributed by atoms with E-state index in [0.717, 1.165) is 36.2 Å². The van der Waals surface area contributed by atoms with E-state index in [1.165, 1.54) is 11.1 Å². The van der Waals surface area contributed by atoms with Crippen LogP contribution in [0, 0.1) is 26.7 Å². The van der Waals surface area contributed by atoms with Gasteiger partial charge in [0, 0.05) is 30.8 Å². The number of urea groups is 1. The molecule has 2 heterocycles. The van der Waals surface area contributed by atoms with Gasteiger partial charge in [-0.25, -0.2) is 4.79 Å². The van der Waals surface area contributed by atoms with Gasteiger partial charge in [-0.2, -0.15) is 4.98 Å². The largest absolute Gasteiger partial charge is 0.339 e. The molecule has 0 aliphatic carbocycles. The summed E-state index contributed by atoms with van der Waals surface area (Å²) in [7, 11) is 0. The average Bonchev–Trinajstić information content (AvgIpc) is 3.19. The predicted octanol–water partition coefficient (Wildman–Crippen LogP) is 5.15. The smallest absolute Gasteiger partial charge is 0.321 e. The number of nitrogens with zero attached hydrogens (tertiary/aromatic N) is 3. The number of carbonyl (C=O) groups excluding carboxylic acids is 1. The Morgan fingerprint density at radius 3 is 2.77 bits per heavy atom. The number of likely N-dealkylation sites (tertiary alicyclic amines) is 1. The summed E-state index contributed by atoms with van der Waals surface area (Å²) in [4.78, 5) is 19.2. The van der Waals surface area contributed by atoms with Crippen LogP contribution in [0.3, 0.4) is 0 Å². The Labute approximate surface area is 177 Å². The molecule has 1 unspecified atom stereocenters. The number of anilines is 1. The molecule has 1 atom stereocenters. The molecule has 0 spiro atoms. The lowest BCUT2D eigenvalue weighted by molar-refractivity contribution is 0.173. The summed E-state index contributed by atoms with van der Waals surface area (Å²) >= 11 is 0. The lowest BCUT2D eigenvalue weighted by Crippen LogP contribution is -2.42. The molecule has 6 heteroatoms. The van der Waals surface area contributed by atoms with Gasteiger partial charge >= 0.3 is 6.03 Å². The van der Waals surface area contributed by atoms with Crippen LogP contribution in [0.5, 0.6) is 0 Å². The van der Waals surface area contributed by atoms with Gasteiger partial charge in [0.15, 0.2) is 0 Å². The molecule has 2 amide bonds. The van der Waals surface area contributed by atoms with E-state index in [1.54, 1.807) is 0 Å². The van der Waals surface area contributed by atoms with E-state index in [4.69, 9.17) is 4.52 Å². The van der Waals surface area contributed by atoms with Crippen molar-refractivity contribution in [2.75, 3.05) is 18.4 Å². The fraction of sp³-hybridized carbons (Fsp3) is 0.375. The van der Waals surface area contributed by atoms with E-state index in [2.05, 4.69) is 29.3 Å². The van der Waals surface area contributed by atoms with E-state index in [0.29, 0.717) is 30.6 Å². The maximum atomic E-state index is 12.8. The Kier molecular flexibility index (Phi) is 5.84. The second-order valence-electron chi connectivity index (χ2n) is 8.21. The first-order valence-corrected chi connectivity index (χ1v) is 10.5. The van der Waals surface area contributed by atoms with Crippen molar-refractivity contribution in [2.45, 2.75) is 40.0 Å². The van der Waals surface area contributed by atoms with Crippen molar-refractivity contribution in [3.63, 3.8) is 0 Å². The molecular weight excluding hydrogens is 376 g/mol. The number of aromatic nitrogens is 2. The van der Waals surface area contributed by atoms with Gasteiger partial charge in [-0.05, 0) is 68.4 Å². The second-order valence-corrected chi connectivity index (χ2v) is 8.21. The van der Waals surface area contributed by atoms with Crippen LogP contribution >= 0.6 is 0 Å². The summed E-state index contributed by atoms with van der Waals surface area (Å²) in [6.45, 7) is 7.62. The molecule has 3 aromatic rings. The molecule has 156 valence electrons. The lowest BCUT2D eigenvalue weighted by atomic mass is 9.95. The van der Waals surface area contributed by atoms with E-state index >= 15 is 0 Å². The number of amides is 2. The quantitative estimate of drug-likeness (QED) is 0.653.